The quantitative estimate of drug-likeness (QED) is 0.693. The maximum absolute atomic E-state index is 13.4. The van der Waals surface area contributed by atoms with Crippen LogP contribution in [0.3, 0.4) is 0 Å². The van der Waals surface area contributed by atoms with Crippen molar-refractivity contribution in [2.24, 2.45) is 0 Å². The number of H-pyrrole nitrogens is 1. The van der Waals surface area contributed by atoms with Crippen LogP contribution in [0.2, 0.25) is 0 Å². The summed E-state index contributed by atoms with van der Waals surface area (Å²) >= 11 is 1.66. The monoisotopic (exact) mass is 411 g/mol. The van der Waals surface area contributed by atoms with Gasteiger partial charge in [0.1, 0.15) is 5.69 Å². The molecule has 0 aliphatic carbocycles. The lowest BCUT2D eigenvalue weighted by Gasteiger charge is -2.33. The Labute approximate surface area is 172 Å². The average Bonchev–Trinajstić information content (AvgIpc) is 3.53. The molecule has 2 aromatic heterocycles. The fourth-order valence-electron chi connectivity index (χ4n) is 3.72. The highest BCUT2D eigenvalue weighted by Gasteiger charge is 2.28. The number of hydrogen-bond donors (Lipinski definition) is 1. The molecule has 0 bridgehead atoms. The summed E-state index contributed by atoms with van der Waals surface area (Å²) in [6, 6.07) is 11.7. The van der Waals surface area contributed by atoms with Gasteiger partial charge in [0.15, 0.2) is 11.5 Å². The third-order valence-corrected chi connectivity index (χ3v) is 6.14. The molecule has 1 saturated heterocycles. The van der Waals surface area contributed by atoms with Gasteiger partial charge in [-0.3, -0.25) is 9.89 Å². The highest BCUT2D eigenvalue weighted by molar-refractivity contribution is 7.09. The van der Waals surface area contributed by atoms with Crippen LogP contribution in [0.15, 0.2) is 41.8 Å². The van der Waals surface area contributed by atoms with E-state index in [9.17, 15) is 4.79 Å². The molecule has 2 aliphatic heterocycles. The first-order valence-electron chi connectivity index (χ1n) is 9.64. The number of benzene rings is 1. The molecule has 5 rings (SSSR count). The zero-order chi connectivity index (χ0) is 19.6. The van der Waals surface area contributed by atoms with Gasteiger partial charge in [-0.15, -0.1) is 11.3 Å². The van der Waals surface area contributed by atoms with Gasteiger partial charge in [0.2, 0.25) is 6.79 Å². The molecule has 150 valence electrons. The number of thiophene rings is 1. The van der Waals surface area contributed by atoms with Crippen LogP contribution in [0.25, 0.3) is 11.3 Å². The number of nitrogens with one attached hydrogen (secondary N) is 1. The van der Waals surface area contributed by atoms with Crippen LogP contribution in [0.4, 0.5) is 0 Å². The molecule has 29 heavy (non-hydrogen) atoms. The first-order chi connectivity index (χ1) is 14.3. The lowest BCUT2D eigenvalue weighted by atomic mass is 10.1. The van der Waals surface area contributed by atoms with Gasteiger partial charge in [-0.05, 0) is 48.6 Å². The van der Waals surface area contributed by atoms with Gasteiger partial charge in [0, 0.05) is 29.7 Å². The van der Waals surface area contributed by atoms with Crippen LogP contribution >= 0.6 is 11.3 Å². The van der Waals surface area contributed by atoms with Gasteiger partial charge < -0.3 is 19.1 Å². The average molecular weight is 411 g/mol. The van der Waals surface area contributed by atoms with E-state index in [1.165, 1.54) is 4.88 Å². The van der Waals surface area contributed by atoms with E-state index in [4.69, 9.17) is 14.2 Å². The van der Waals surface area contributed by atoms with Gasteiger partial charge in [-0.25, -0.2) is 0 Å². The Bertz CT molecular complexity index is 995. The first-order valence-corrected chi connectivity index (χ1v) is 10.5. The molecule has 3 aromatic rings. The lowest BCUT2D eigenvalue weighted by molar-refractivity contribution is 0.0266. The van der Waals surface area contributed by atoms with Crippen LogP contribution < -0.4 is 9.47 Å². The fraction of sp³-hybridized carbons (Fsp3) is 0.333. The van der Waals surface area contributed by atoms with E-state index in [2.05, 4.69) is 16.3 Å². The van der Waals surface area contributed by atoms with Gasteiger partial charge >= 0.3 is 0 Å². The van der Waals surface area contributed by atoms with Gasteiger partial charge in [-0.2, -0.15) is 5.10 Å². The number of amides is 1. The second kappa shape index (κ2) is 7.88. The molecular formula is C21H21N3O4S. The van der Waals surface area contributed by atoms with Crippen LogP contribution in [0.1, 0.15) is 28.2 Å². The van der Waals surface area contributed by atoms with Crippen molar-refractivity contribution in [3.8, 4) is 22.8 Å². The maximum atomic E-state index is 13.4. The molecule has 7 nitrogen and oxygen atoms in total. The fourth-order valence-corrected chi connectivity index (χ4v) is 4.43. The summed E-state index contributed by atoms with van der Waals surface area (Å²) < 4.78 is 16.3. The Hall–Kier alpha value is -2.84. The molecule has 8 heteroatoms. The van der Waals surface area contributed by atoms with Crippen molar-refractivity contribution in [3.63, 3.8) is 0 Å². The predicted molar refractivity (Wildman–Crippen MR) is 108 cm³/mol. The number of carbonyl (C=O) groups is 1. The number of aromatic amines is 1. The number of carbonyl (C=O) groups excluding carboxylic acids is 1. The van der Waals surface area contributed by atoms with E-state index >= 15 is 0 Å². The van der Waals surface area contributed by atoms with E-state index in [0.29, 0.717) is 36.9 Å². The number of fused-ring (bicyclic) bond motifs is 1. The summed E-state index contributed by atoms with van der Waals surface area (Å²) in [7, 11) is 0. The smallest absolute Gasteiger partial charge is 0.272 e. The minimum Gasteiger partial charge on any atom is -0.454 e. The van der Waals surface area contributed by atoms with Crippen LogP contribution in [-0.4, -0.2) is 47.1 Å². The van der Waals surface area contributed by atoms with Crippen molar-refractivity contribution in [2.45, 2.75) is 25.4 Å². The molecule has 0 unspecified atom stereocenters. The van der Waals surface area contributed by atoms with Crippen molar-refractivity contribution in [3.05, 3.63) is 52.3 Å². The van der Waals surface area contributed by atoms with Crippen molar-refractivity contribution in [2.75, 3.05) is 20.0 Å². The summed E-state index contributed by atoms with van der Waals surface area (Å²) in [5, 5.41) is 9.33. The Morgan fingerprint density at radius 2 is 2.03 bits per heavy atom. The molecule has 1 aromatic carbocycles. The number of rotatable bonds is 5. The first kappa shape index (κ1) is 18.2. The Balaban J connectivity index is 1.40. The summed E-state index contributed by atoms with van der Waals surface area (Å²) in [5.74, 6) is 1.38. The molecule has 1 N–H and O–H groups in total. The normalized spacial score (nSPS) is 16.1. The van der Waals surface area contributed by atoms with Crippen molar-refractivity contribution >= 4 is 17.2 Å². The van der Waals surface area contributed by atoms with Crippen molar-refractivity contribution < 1.29 is 19.0 Å². The number of aromatic nitrogens is 2. The zero-order valence-electron chi connectivity index (χ0n) is 15.8. The van der Waals surface area contributed by atoms with Gasteiger partial charge in [-0.1, -0.05) is 6.07 Å². The predicted octanol–water partition coefficient (Wildman–Crippen LogP) is 3.69. The number of ether oxygens (including phenoxy) is 3. The lowest BCUT2D eigenvalue weighted by Crippen LogP contribution is -2.43. The Kier molecular flexibility index (Phi) is 4.95. The maximum Gasteiger partial charge on any atom is 0.272 e. The largest absolute Gasteiger partial charge is 0.454 e. The van der Waals surface area contributed by atoms with Crippen molar-refractivity contribution in [1.29, 1.82) is 0 Å². The van der Waals surface area contributed by atoms with Crippen LogP contribution in [-0.2, 0) is 11.3 Å². The second-order valence-electron chi connectivity index (χ2n) is 7.09. The Morgan fingerprint density at radius 3 is 2.86 bits per heavy atom. The highest BCUT2D eigenvalue weighted by atomic mass is 32.1. The van der Waals surface area contributed by atoms with E-state index in [-0.39, 0.29) is 18.7 Å². The minimum atomic E-state index is -0.0372. The van der Waals surface area contributed by atoms with E-state index < -0.39 is 0 Å². The molecule has 0 atom stereocenters. The van der Waals surface area contributed by atoms with Gasteiger partial charge in [0.05, 0.1) is 12.2 Å². The highest BCUT2D eigenvalue weighted by Crippen LogP contribution is 2.35. The van der Waals surface area contributed by atoms with E-state index in [1.807, 2.05) is 34.5 Å². The number of nitrogens with zero attached hydrogens (tertiary/aromatic N) is 2. The summed E-state index contributed by atoms with van der Waals surface area (Å²) in [6.07, 6.45) is 1.69. The topological polar surface area (TPSA) is 76.7 Å². The van der Waals surface area contributed by atoms with Crippen molar-refractivity contribution in [1.82, 2.24) is 15.1 Å². The van der Waals surface area contributed by atoms with E-state index in [1.54, 1.807) is 17.4 Å². The molecule has 0 radical (unpaired) electrons. The minimum absolute atomic E-state index is 0.0372. The standard InChI is InChI=1S/C21H21N3O4S/c25-21(24(12-16-2-1-9-29-16)15-5-7-26-8-6-15)18-11-17(22-23-18)14-3-4-19-20(10-14)28-13-27-19/h1-4,9-11,15H,5-8,12-13H2,(H,22,23). The van der Waals surface area contributed by atoms with E-state index in [0.717, 1.165) is 24.2 Å². The molecule has 1 amide bonds. The third-order valence-electron chi connectivity index (χ3n) is 5.28. The third kappa shape index (κ3) is 3.73. The molecular weight excluding hydrogens is 390 g/mol. The summed E-state index contributed by atoms with van der Waals surface area (Å²) in [6.45, 7) is 2.19. The second-order valence-corrected chi connectivity index (χ2v) is 8.12. The molecule has 2 aliphatic rings. The molecule has 0 saturated carbocycles. The molecule has 0 spiro atoms. The Morgan fingerprint density at radius 1 is 1.17 bits per heavy atom. The molecule has 4 heterocycles. The number of hydrogen-bond acceptors (Lipinski definition) is 6. The summed E-state index contributed by atoms with van der Waals surface area (Å²) in [5.41, 5.74) is 2.07. The van der Waals surface area contributed by atoms with Gasteiger partial charge in [0.25, 0.3) is 5.91 Å². The van der Waals surface area contributed by atoms with Crippen LogP contribution in [0, 0.1) is 0 Å². The van der Waals surface area contributed by atoms with Crippen LogP contribution in [0.5, 0.6) is 11.5 Å². The zero-order valence-corrected chi connectivity index (χ0v) is 16.6. The summed E-state index contributed by atoms with van der Waals surface area (Å²) in [4.78, 5) is 16.5. The molecule has 1 fully saturated rings. The SMILES string of the molecule is O=C(c1cc(-c2ccc3c(c2)OCO3)n[nH]1)N(Cc1cccs1)C1CCOCC1.